The van der Waals surface area contributed by atoms with Crippen LogP contribution in [-0.2, 0) is 0 Å². The highest BCUT2D eigenvalue weighted by molar-refractivity contribution is 5.66. The molecular weight excluding hydrogens is 456 g/mol. The summed E-state index contributed by atoms with van der Waals surface area (Å²) in [5, 5.41) is 0. The van der Waals surface area contributed by atoms with E-state index in [2.05, 4.69) is 86.5 Å². The SMILES string of the molecule is c1ccc(C(c2ccccc2)N2CCN(c3cc(-c4cccnc4)nc(-c4ccccn4)n3)CC2)cc1. The standard InChI is InChI=1S/C31H28N6/c1-3-10-24(11-4-1)30(25-12-5-2-6-13-25)37-20-18-36(19-21-37)29-22-28(26-14-9-16-32-23-26)34-31(35-29)27-15-7-8-17-33-27/h1-17,22-23,30H,18-21H2. The van der Waals surface area contributed by atoms with Crippen molar-refractivity contribution < 1.29 is 0 Å². The quantitative estimate of drug-likeness (QED) is 0.317. The smallest absolute Gasteiger partial charge is 0.180 e. The van der Waals surface area contributed by atoms with Crippen molar-refractivity contribution >= 4 is 5.82 Å². The van der Waals surface area contributed by atoms with E-state index in [1.165, 1.54) is 11.1 Å². The first-order valence-corrected chi connectivity index (χ1v) is 12.6. The number of nitrogens with zero attached hydrogens (tertiary/aromatic N) is 6. The summed E-state index contributed by atoms with van der Waals surface area (Å²) in [4.78, 5) is 23.5. The molecule has 0 spiro atoms. The van der Waals surface area contributed by atoms with Crippen molar-refractivity contribution in [3.8, 4) is 22.8 Å². The topological polar surface area (TPSA) is 58.0 Å². The molecule has 6 nitrogen and oxygen atoms in total. The molecule has 1 saturated heterocycles. The molecule has 6 heteroatoms. The normalized spacial score (nSPS) is 14.1. The molecule has 1 aliphatic heterocycles. The molecule has 0 aliphatic carbocycles. The molecule has 182 valence electrons. The number of piperazine rings is 1. The molecule has 0 radical (unpaired) electrons. The fourth-order valence-corrected chi connectivity index (χ4v) is 4.96. The van der Waals surface area contributed by atoms with Gasteiger partial charge in [0, 0.05) is 56.4 Å². The van der Waals surface area contributed by atoms with E-state index in [1.54, 1.807) is 12.4 Å². The third kappa shape index (κ3) is 5.10. The van der Waals surface area contributed by atoms with Crippen molar-refractivity contribution in [2.45, 2.75) is 6.04 Å². The van der Waals surface area contributed by atoms with Crippen LogP contribution in [0, 0.1) is 0 Å². The van der Waals surface area contributed by atoms with Gasteiger partial charge in [-0.25, -0.2) is 9.97 Å². The number of rotatable bonds is 6. The van der Waals surface area contributed by atoms with Crippen molar-refractivity contribution in [3.63, 3.8) is 0 Å². The molecule has 6 rings (SSSR count). The maximum Gasteiger partial charge on any atom is 0.180 e. The molecule has 4 heterocycles. The minimum absolute atomic E-state index is 0.227. The monoisotopic (exact) mass is 484 g/mol. The van der Waals surface area contributed by atoms with Crippen LogP contribution < -0.4 is 4.90 Å². The molecule has 0 unspecified atom stereocenters. The van der Waals surface area contributed by atoms with E-state index >= 15 is 0 Å². The lowest BCUT2D eigenvalue weighted by Gasteiger charge is -2.40. The molecule has 0 N–H and O–H groups in total. The lowest BCUT2D eigenvalue weighted by molar-refractivity contribution is 0.212. The Morgan fingerprint density at radius 3 is 1.95 bits per heavy atom. The molecule has 0 atom stereocenters. The van der Waals surface area contributed by atoms with Crippen LogP contribution in [0.5, 0.6) is 0 Å². The van der Waals surface area contributed by atoms with Gasteiger partial charge in [0.1, 0.15) is 11.5 Å². The van der Waals surface area contributed by atoms with E-state index < -0.39 is 0 Å². The van der Waals surface area contributed by atoms with Crippen molar-refractivity contribution in [2.75, 3.05) is 31.1 Å². The number of benzene rings is 2. The second-order valence-corrected chi connectivity index (χ2v) is 9.14. The van der Waals surface area contributed by atoms with Crippen molar-refractivity contribution in [1.29, 1.82) is 0 Å². The largest absolute Gasteiger partial charge is 0.354 e. The van der Waals surface area contributed by atoms with E-state index in [1.807, 2.05) is 36.5 Å². The fourth-order valence-electron chi connectivity index (χ4n) is 4.96. The molecule has 1 fully saturated rings. The minimum Gasteiger partial charge on any atom is -0.354 e. The summed E-state index contributed by atoms with van der Waals surface area (Å²) in [5.74, 6) is 1.55. The molecule has 0 saturated carbocycles. The summed E-state index contributed by atoms with van der Waals surface area (Å²) in [7, 11) is 0. The Morgan fingerprint density at radius 2 is 1.32 bits per heavy atom. The third-order valence-corrected chi connectivity index (χ3v) is 6.80. The van der Waals surface area contributed by atoms with Gasteiger partial charge in [0.05, 0.1) is 11.7 Å². The van der Waals surface area contributed by atoms with E-state index in [-0.39, 0.29) is 6.04 Å². The number of anilines is 1. The third-order valence-electron chi connectivity index (χ3n) is 6.80. The van der Waals surface area contributed by atoms with E-state index in [4.69, 9.17) is 9.97 Å². The first-order chi connectivity index (χ1) is 18.3. The zero-order chi connectivity index (χ0) is 24.9. The van der Waals surface area contributed by atoms with Gasteiger partial charge in [-0.3, -0.25) is 14.9 Å². The summed E-state index contributed by atoms with van der Waals surface area (Å²) in [5.41, 5.74) is 5.23. The summed E-state index contributed by atoms with van der Waals surface area (Å²) < 4.78 is 0. The Labute approximate surface area is 217 Å². The van der Waals surface area contributed by atoms with E-state index in [0.29, 0.717) is 5.82 Å². The summed E-state index contributed by atoms with van der Waals surface area (Å²) in [6.45, 7) is 3.61. The Kier molecular flexibility index (Phi) is 6.64. The lowest BCUT2D eigenvalue weighted by atomic mass is 9.96. The molecule has 0 bridgehead atoms. The average Bonchev–Trinajstić information content (AvgIpc) is 2.99. The van der Waals surface area contributed by atoms with E-state index in [9.17, 15) is 0 Å². The lowest BCUT2D eigenvalue weighted by Crippen LogP contribution is -2.48. The molecular formula is C31H28N6. The second-order valence-electron chi connectivity index (χ2n) is 9.14. The van der Waals surface area contributed by atoms with Crippen LogP contribution in [-0.4, -0.2) is 51.0 Å². The second kappa shape index (κ2) is 10.7. The van der Waals surface area contributed by atoms with Crippen LogP contribution in [0.1, 0.15) is 17.2 Å². The predicted molar refractivity (Wildman–Crippen MR) is 147 cm³/mol. The Morgan fingerprint density at radius 1 is 0.622 bits per heavy atom. The van der Waals surface area contributed by atoms with Crippen LogP contribution in [0.15, 0.2) is 116 Å². The van der Waals surface area contributed by atoms with Gasteiger partial charge >= 0.3 is 0 Å². The molecule has 5 aromatic rings. The van der Waals surface area contributed by atoms with Gasteiger partial charge < -0.3 is 4.90 Å². The molecule has 3 aromatic heterocycles. The van der Waals surface area contributed by atoms with Crippen LogP contribution in [0.25, 0.3) is 22.8 Å². The zero-order valence-corrected chi connectivity index (χ0v) is 20.6. The summed E-state index contributed by atoms with van der Waals surface area (Å²) in [6.07, 6.45) is 5.40. The highest BCUT2D eigenvalue weighted by Gasteiger charge is 2.27. The van der Waals surface area contributed by atoms with Gasteiger partial charge in [0.2, 0.25) is 0 Å². The van der Waals surface area contributed by atoms with Crippen molar-refractivity contribution in [3.05, 3.63) is 127 Å². The molecule has 1 aliphatic rings. The van der Waals surface area contributed by atoms with Crippen LogP contribution >= 0.6 is 0 Å². The number of aromatic nitrogens is 4. The minimum atomic E-state index is 0.227. The van der Waals surface area contributed by atoms with Gasteiger partial charge in [-0.1, -0.05) is 66.7 Å². The number of hydrogen-bond acceptors (Lipinski definition) is 6. The Balaban J connectivity index is 1.29. The van der Waals surface area contributed by atoms with Crippen molar-refractivity contribution in [2.24, 2.45) is 0 Å². The van der Waals surface area contributed by atoms with Crippen LogP contribution in [0.2, 0.25) is 0 Å². The first-order valence-electron chi connectivity index (χ1n) is 12.6. The highest BCUT2D eigenvalue weighted by Crippen LogP contribution is 2.31. The van der Waals surface area contributed by atoms with Crippen LogP contribution in [0.3, 0.4) is 0 Å². The summed E-state index contributed by atoms with van der Waals surface area (Å²) >= 11 is 0. The molecule has 0 amide bonds. The van der Waals surface area contributed by atoms with Gasteiger partial charge in [-0.05, 0) is 35.4 Å². The predicted octanol–water partition coefficient (Wildman–Crippen LogP) is 5.51. The molecule has 37 heavy (non-hydrogen) atoms. The Bertz CT molecular complexity index is 1320. The number of pyridine rings is 2. The summed E-state index contributed by atoms with van der Waals surface area (Å²) in [6, 6.07) is 33.7. The van der Waals surface area contributed by atoms with Gasteiger partial charge in [-0.2, -0.15) is 0 Å². The molecule has 2 aromatic carbocycles. The highest BCUT2D eigenvalue weighted by atomic mass is 15.3. The van der Waals surface area contributed by atoms with Gasteiger partial charge in [0.15, 0.2) is 5.82 Å². The maximum absolute atomic E-state index is 4.95. The average molecular weight is 485 g/mol. The van der Waals surface area contributed by atoms with Crippen LogP contribution in [0.4, 0.5) is 5.82 Å². The fraction of sp³-hybridized carbons (Fsp3) is 0.161. The first kappa shape index (κ1) is 23.0. The zero-order valence-electron chi connectivity index (χ0n) is 20.6. The van der Waals surface area contributed by atoms with Gasteiger partial charge in [-0.15, -0.1) is 0 Å². The number of hydrogen-bond donors (Lipinski definition) is 0. The van der Waals surface area contributed by atoms with Crippen molar-refractivity contribution in [1.82, 2.24) is 24.8 Å². The maximum atomic E-state index is 4.95. The van der Waals surface area contributed by atoms with E-state index in [0.717, 1.165) is 48.9 Å². The van der Waals surface area contributed by atoms with Gasteiger partial charge in [0.25, 0.3) is 0 Å². The Hall–Kier alpha value is -4.42.